The molecule has 0 aromatic rings. The summed E-state index contributed by atoms with van der Waals surface area (Å²) in [6.07, 6.45) is 3.24. The number of nitrogens with zero attached hydrogens (tertiary/aromatic N) is 2. The first kappa shape index (κ1) is 15.1. The van der Waals surface area contributed by atoms with Crippen LogP contribution in [0.25, 0.3) is 0 Å². The molecular formula is C14H25N3O3. The second kappa shape index (κ2) is 6.92. The number of piperazine rings is 1. The summed E-state index contributed by atoms with van der Waals surface area (Å²) in [5, 5.41) is 11.7. The molecule has 0 spiro atoms. The molecule has 2 amide bonds. The first-order chi connectivity index (χ1) is 9.60. The Labute approximate surface area is 120 Å². The highest BCUT2D eigenvalue weighted by Crippen LogP contribution is 2.29. The summed E-state index contributed by atoms with van der Waals surface area (Å²) in [7, 11) is 0. The number of urea groups is 1. The molecule has 1 heterocycles. The molecule has 2 rings (SSSR count). The van der Waals surface area contributed by atoms with Crippen molar-refractivity contribution in [1.82, 2.24) is 15.1 Å². The van der Waals surface area contributed by atoms with E-state index in [-0.39, 0.29) is 12.6 Å². The number of nitrogens with one attached hydrogen (secondary N) is 1. The third kappa shape index (κ3) is 4.37. The van der Waals surface area contributed by atoms with Crippen LogP contribution >= 0.6 is 0 Å². The van der Waals surface area contributed by atoms with E-state index in [1.165, 1.54) is 19.4 Å². The number of amides is 2. The molecule has 1 unspecified atom stereocenters. The van der Waals surface area contributed by atoms with Crippen LogP contribution < -0.4 is 5.32 Å². The van der Waals surface area contributed by atoms with Crippen LogP contribution in [0, 0.1) is 11.8 Å². The molecule has 0 bridgehead atoms. The molecule has 2 aliphatic rings. The zero-order valence-corrected chi connectivity index (χ0v) is 12.2. The molecular weight excluding hydrogens is 258 g/mol. The molecule has 1 saturated carbocycles. The van der Waals surface area contributed by atoms with E-state index in [1.54, 1.807) is 4.90 Å². The number of rotatable bonds is 6. The zero-order valence-electron chi connectivity index (χ0n) is 12.2. The Kier molecular flexibility index (Phi) is 5.23. The van der Waals surface area contributed by atoms with Gasteiger partial charge in [-0.25, -0.2) is 4.79 Å². The monoisotopic (exact) mass is 283 g/mol. The highest BCUT2D eigenvalue weighted by Gasteiger charge is 2.27. The van der Waals surface area contributed by atoms with Crippen LogP contribution in [0.15, 0.2) is 0 Å². The Balaban J connectivity index is 1.67. The molecule has 0 aromatic carbocycles. The number of hydrogen-bond acceptors (Lipinski definition) is 3. The van der Waals surface area contributed by atoms with Gasteiger partial charge in [0.1, 0.15) is 0 Å². The maximum absolute atomic E-state index is 12.0. The van der Waals surface area contributed by atoms with Gasteiger partial charge in [0.05, 0.1) is 5.92 Å². The molecule has 0 aromatic heterocycles. The maximum Gasteiger partial charge on any atom is 0.317 e. The summed E-state index contributed by atoms with van der Waals surface area (Å²) >= 11 is 0. The van der Waals surface area contributed by atoms with E-state index >= 15 is 0 Å². The summed E-state index contributed by atoms with van der Waals surface area (Å²) in [5.74, 6) is -0.451. The van der Waals surface area contributed by atoms with Gasteiger partial charge in [-0.1, -0.05) is 6.92 Å². The van der Waals surface area contributed by atoms with Crippen LogP contribution in [-0.2, 0) is 4.79 Å². The number of aliphatic carboxylic acids is 1. The fraction of sp³-hybridized carbons (Fsp3) is 0.857. The van der Waals surface area contributed by atoms with Crippen molar-refractivity contribution in [3.8, 4) is 0 Å². The van der Waals surface area contributed by atoms with Gasteiger partial charge in [-0.2, -0.15) is 0 Å². The minimum atomic E-state index is -0.845. The molecule has 1 saturated heterocycles. The summed E-state index contributed by atoms with van der Waals surface area (Å²) in [6, 6.07) is -0.129. The van der Waals surface area contributed by atoms with Crippen molar-refractivity contribution in [2.24, 2.45) is 11.8 Å². The van der Waals surface area contributed by atoms with Crippen molar-refractivity contribution in [1.29, 1.82) is 0 Å². The Hall–Kier alpha value is -1.30. The van der Waals surface area contributed by atoms with E-state index < -0.39 is 11.9 Å². The van der Waals surface area contributed by atoms with Crippen molar-refractivity contribution in [3.05, 3.63) is 0 Å². The van der Waals surface area contributed by atoms with Crippen LogP contribution in [-0.4, -0.2) is 66.2 Å². The quantitative estimate of drug-likeness (QED) is 0.757. The first-order valence-corrected chi connectivity index (χ1v) is 7.58. The fourth-order valence-electron chi connectivity index (χ4n) is 2.53. The van der Waals surface area contributed by atoms with Crippen LogP contribution in [0.3, 0.4) is 0 Å². The number of carboxylic acids is 1. The molecule has 2 fully saturated rings. The number of hydrogen-bond donors (Lipinski definition) is 2. The van der Waals surface area contributed by atoms with Gasteiger partial charge in [-0.3, -0.25) is 9.69 Å². The second-order valence-corrected chi connectivity index (χ2v) is 5.86. The second-order valence-electron chi connectivity index (χ2n) is 5.86. The third-order valence-corrected chi connectivity index (χ3v) is 4.21. The lowest BCUT2D eigenvalue weighted by Crippen LogP contribution is -2.52. The van der Waals surface area contributed by atoms with E-state index in [2.05, 4.69) is 10.2 Å². The Morgan fingerprint density at radius 3 is 2.40 bits per heavy atom. The van der Waals surface area contributed by atoms with Gasteiger partial charge in [-0.05, 0) is 25.2 Å². The van der Waals surface area contributed by atoms with Crippen molar-refractivity contribution >= 4 is 12.0 Å². The third-order valence-electron chi connectivity index (χ3n) is 4.21. The van der Waals surface area contributed by atoms with E-state index in [4.69, 9.17) is 5.11 Å². The number of carbonyl (C=O) groups is 2. The van der Waals surface area contributed by atoms with Gasteiger partial charge in [0, 0.05) is 39.3 Å². The standard InChI is InChI=1S/C14H25N3O3/c1-2-12(13(18)19)9-15-14(20)17-7-5-16(6-8-17)10-11-3-4-11/h11-12H,2-10H2,1H3,(H,15,20)(H,18,19). The molecule has 114 valence electrons. The summed E-state index contributed by atoms with van der Waals surface area (Å²) < 4.78 is 0. The van der Waals surface area contributed by atoms with Crippen LogP contribution in [0.2, 0.25) is 0 Å². The molecule has 1 aliphatic heterocycles. The van der Waals surface area contributed by atoms with Gasteiger partial charge >= 0.3 is 12.0 Å². The van der Waals surface area contributed by atoms with Gasteiger partial charge < -0.3 is 15.3 Å². The molecule has 1 aliphatic carbocycles. The van der Waals surface area contributed by atoms with Crippen molar-refractivity contribution in [2.45, 2.75) is 26.2 Å². The molecule has 6 heteroatoms. The Morgan fingerprint density at radius 1 is 1.25 bits per heavy atom. The van der Waals surface area contributed by atoms with Crippen molar-refractivity contribution in [2.75, 3.05) is 39.3 Å². The molecule has 1 atom stereocenters. The first-order valence-electron chi connectivity index (χ1n) is 7.58. The van der Waals surface area contributed by atoms with Gasteiger partial charge in [0.25, 0.3) is 0 Å². The van der Waals surface area contributed by atoms with Gasteiger partial charge in [0.2, 0.25) is 0 Å². The Bertz CT molecular complexity index is 350. The largest absolute Gasteiger partial charge is 0.481 e. The fourth-order valence-corrected chi connectivity index (χ4v) is 2.53. The summed E-state index contributed by atoms with van der Waals surface area (Å²) in [5.41, 5.74) is 0. The minimum absolute atomic E-state index is 0.129. The van der Waals surface area contributed by atoms with Crippen molar-refractivity contribution in [3.63, 3.8) is 0 Å². The Morgan fingerprint density at radius 2 is 1.90 bits per heavy atom. The van der Waals surface area contributed by atoms with Crippen LogP contribution in [0.1, 0.15) is 26.2 Å². The number of carbonyl (C=O) groups excluding carboxylic acids is 1. The lowest BCUT2D eigenvalue weighted by atomic mass is 10.1. The predicted octanol–water partition coefficient (Wildman–Crippen LogP) is 0.834. The normalized spacial score (nSPS) is 21.6. The van der Waals surface area contributed by atoms with Gasteiger partial charge in [0.15, 0.2) is 0 Å². The van der Waals surface area contributed by atoms with E-state index in [0.717, 1.165) is 32.1 Å². The average Bonchev–Trinajstić information content (AvgIpc) is 3.23. The highest BCUT2D eigenvalue weighted by molar-refractivity contribution is 5.76. The molecule has 6 nitrogen and oxygen atoms in total. The lowest BCUT2D eigenvalue weighted by molar-refractivity contribution is -0.141. The zero-order chi connectivity index (χ0) is 14.5. The smallest absolute Gasteiger partial charge is 0.317 e. The molecule has 20 heavy (non-hydrogen) atoms. The number of carboxylic acid groups (broad SMARTS) is 1. The summed E-state index contributed by atoms with van der Waals surface area (Å²) in [6.45, 7) is 6.55. The van der Waals surface area contributed by atoms with Crippen LogP contribution in [0.5, 0.6) is 0 Å². The van der Waals surface area contributed by atoms with Crippen molar-refractivity contribution < 1.29 is 14.7 Å². The lowest BCUT2D eigenvalue weighted by Gasteiger charge is -2.34. The summed E-state index contributed by atoms with van der Waals surface area (Å²) in [4.78, 5) is 27.1. The average molecular weight is 283 g/mol. The topological polar surface area (TPSA) is 72.9 Å². The maximum atomic E-state index is 12.0. The van der Waals surface area contributed by atoms with Gasteiger partial charge in [-0.15, -0.1) is 0 Å². The molecule has 0 radical (unpaired) electrons. The van der Waals surface area contributed by atoms with E-state index in [9.17, 15) is 9.59 Å². The SMILES string of the molecule is CCC(CNC(=O)N1CCN(CC2CC2)CC1)C(=O)O. The van der Waals surface area contributed by atoms with E-state index in [1.807, 2.05) is 6.92 Å². The van der Waals surface area contributed by atoms with E-state index in [0.29, 0.717) is 6.42 Å². The molecule has 2 N–H and O–H groups in total. The van der Waals surface area contributed by atoms with Crippen LogP contribution in [0.4, 0.5) is 4.79 Å². The predicted molar refractivity (Wildman–Crippen MR) is 75.6 cm³/mol. The highest BCUT2D eigenvalue weighted by atomic mass is 16.4. The minimum Gasteiger partial charge on any atom is -0.481 e.